The van der Waals surface area contributed by atoms with Crippen LogP contribution in [0.3, 0.4) is 0 Å². The molecule has 60 valence electrons. The number of rotatable bonds is 0. The van der Waals surface area contributed by atoms with Crippen molar-refractivity contribution in [3.8, 4) is 0 Å². The highest BCUT2D eigenvalue weighted by Gasteiger charge is 2.14. The monoisotopic (exact) mass is 149 g/mol. The van der Waals surface area contributed by atoms with Gasteiger partial charge in [-0.25, -0.2) is 0 Å². The van der Waals surface area contributed by atoms with E-state index in [1.54, 1.807) is 11.1 Å². The fourth-order valence-corrected chi connectivity index (χ4v) is 1.91. The maximum Gasteiger partial charge on any atom is 0.0356 e. The average molecular weight is 149 g/mol. The van der Waals surface area contributed by atoms with Crippen LogP contribution in [-0.4, -0.2) is 18.5 Å². The minimum absolute atomic E-state index is 1.11. The first kappa shape index (κ1) is 6.96. The Balaban J connectivity index is 2.19. The molecule has 2 rings (SSSR count). The van der Waals surface area contributed by atoms with Crippen LogP contribution >= 0.6 is 0 Å². The molecule has 0 N–H and O–H groups in total. The molecule has 0 aromatic rings. The molecule has 0 unspecified atom stereocenters. The van der Waals surface area contributed by atoms with Crippen LogP contribution in [0.2, 0.25) is 0 Å². The summed E-state index contributed by atoms with van der Waals surface area (Å²) in [5.74, 6) is 0. The van der Waals surface area contributed by atoms with Crippen LogP contribution in [0, 0.1) is 0 Å². The van der Waals surface area contributed by atoms with Gasteiger partial charge in [-0.3, -0.25) is 0 Å². The van der Waals surface area contributed by atoms with Gasteiger partial charge < -0.3 is 4.90 Å². The lowest BCUT2D eigenvalue weighted by Gasteiger charge is -2.26. The minimum Gasteiger partial charge on any atom is -0.376 e. The van der Waals surface area contributed by atoms with Gasteiger partial charge in [0.25, 0.3) is 0 Å². The predicted molar refractivity (Wildman–Crippen MR) is 47.3 cm³/mol. The van der Waals surface area contributed by atoms with E-state index in [9.17, 15) is 0 Å². The zero-order valence-corrected chi connectivity index (χ0v) is 7.14. The van der Waals surface area contributed by atoms with Crippen molar-refractivity contribution in [2.45, 2.75) is 25.7 Å². The van der Waals surface area contributed by atoms with Gasteiger partial charge in [-0.15, -0.1) is 0 Å². The van der Waals surface area contributed by atoms with Crippen LogP contribution in [0.25, 0.3) is 0 Å². The fraction of sp³-hybridized carbons (Fsp3) is 0.600. The van der Waals surface area contributed by atoms with Crippen LogP contribution < -0.4 is 0 Å². The molecule has 0 bridgehead atoms. The highest BCUT2D eigenvalue weighted by Crippen LogP contribution is 2.30. The van der Waals surface area contributed by atoms with Gasteiger partial charge in [0.15, 0.2) is 0 Å². The Kier molecular flexibility index (Phi) is 1.72. The normalized spacial score (nSPS) is 23.9. The number of allylic oxidation sites excluding steroid dienone is 2. The molecule has 0 aromatic heterocycles. The van der Waals surface area contributed by atoms with E-state index >= 15 is 0 Å². The van der Waals surface area contributed by atoms with Crippen LogP contribution in [0.5, 0.6) is 0 Å². The van der Waals surface area contributed by atoms with Crippen molar-refractivity contribution in [2.75, 3.05) is 13.6 Å². The zero-order valence-electron chi connectivity index (χ0n) is 7.14. The second kappa shape index (κ2) is 2.72. The molecule has 1 heteroatoms. The first-order chi connectivity index (χ1) is 5.36. The number of hydrogen-bond donors (Lipinski definition) is 0. The maximum absolute atomic E-state index is 2.38. The summed E-state index contributed by atoms with van der Waals surface area (Å²) >= 11 is 0. The maximum atomic E-state index is 2.38. The van der Waals surface area contributed by atoms with E-state index in [4.69, 9.17) is 0 Å². The van der Waals surface area contributed by atoms with Crippen molar-refractivity contribution in [3.63, 3.8) is 0 Å². The lowest BCUT2D eigenvalue weighted by molar-refractivity contribution is 0.483. The molecule has 0 radical (unpaired) electrons. The summed E-state index contributed by atoms with van der Waals surface area (Å²) in [5, 5.41) is 0. The molecule has 0 amide bonds. The molecule has 2 aliphatic rings. The van der Waals surface area contributed by atoms with Gasteiger partial charge in [-0.2, -0.15) is 0 Å². The van der Waals surface area contributed by atoms with Gasteiger partial charge in [0.1, 0.15) is 0 Å². The summed E-state index contributed by atoms with van der Waals surface area (Å²) in [6.07, 6.45) is 10.1. The summed E-state index contributed by atoms with van der Waals surface area (Å²) in [5.41, 5.74) is 3.21. The van der Waals surface area contributed by atoms with Crippen LogP contribution in [0.1, 0.15) is 25.7 Å². The molecule has 1 fully saturated rings. The SMILES string of the molecule is CN1C=C2CCCCC2=CC1. The molecule has 0 saturated heterocycles. The van der Waals surface area contributed by atoms with Crippen molar-refractivity contribution in [2.24, 2.45) is 0 Å². The molecular weight excluding hydrogens is 134 g/mol. The van der Waals surface area contributed by atoms with E-state index in [1.807, 2.05) is 0 Å². The van der Waals surface area contributed by atoms with Gasteiger partial charge in [0.2, 0.25) is 0 Å². The number of nitrogens with zero attached hydrogens (tertiary/aromatic N) is 1. The Hall–Kier alpha value is -0.720. The molecular formula is C10H15N. The van der Waals surface area contributed by atoms with Crippen molar-refractivity contribution >= 4 is 0 Å². The molecule has 1 aliphatic carbocycles. The summed E-state index contributed by atoms with van der Waals surface area (Å²) in [7, 11) is 2.15. The van der Waals surface area contributed by atoms with Gasteiger partial charge in [0.05, 0.1) is 0 Å². The quantitative estimate of drug-likeness (QED) is 0.511. The van der Waals surface area contributed by atoms with Crippen molar-refractivity contribution in [1.82, 2.24) is 4.90 Å². The first-order valence-electron chi connectivity index (χ1n) is 4.46. The predicted octanol–water partition coefficient (Wildman–Crippen LogP) is 2.32. The smallest absolute Gasteiger partial charge is 0.0356 e. The number of fused-ring (bicyclic) bond motifs is 1. The molecule has 1 heterocycles. The Morgan fingerprint density at radius 3 is 2.73 bits per heavy atom. The average Bonchev–Trinajstić information content (AvgIpc) is 2.04. The van der Waals surface area contributed by atoms with Crippen molar-refractivity contribution in [3.05, 3.63) is 23.4 Å². The van der Waals surface area contributed by atoms with E-state index in [0.717, 1.165) is 6.54 Å². The summed E-state index contributed by atoms with van der Waals surface area (Å²) < 4.78 is 0. The van der Waals surface area contributed by atoms with Gasteiger partial charge >= 0.3 is 0 Å². The lowest BCUT2D eigenvalue weighted by Crippen LogP contribution is -2.18. The third-order valence-electron chi connectivity index (χ3n) is 2.56. The molecule has 1 nitrogen and oxygen atoms in total. The second-order valence-electron chi connectivity index (χ2n) is 3.53. The number of likely N-dealkylation sites (N-methyl/N-ethyl adjacent to an activating group) is 1. The molecule has 0 spiro atoms. The Morgan fingerprint density at radius 1 is 1.18 bits per heavy atom. The molecule has 11 heavy (non-hydrogen) atoms. The van der Waals surface area contributed by atoms with E-state index in [2.05, 4.69) is 24.2 Å². The fourth-order valence-electron chi connectivity index (χ4n) is 1.91. The lowest BCUT2D eigenvalue weighted by atomic mass is 9.88. The standard InChI is InChI=1S/C10H15N/c1-11-7-6-9-4-2-3-5-10(9)8-11/h6,8H,2-5,7H2,1H3. The third kappa shape index (κ3) is 1.32. The summed E-state index contributed by atoms with van der Waals surface area (Å²) in [4.78, 5) is 2.27. The Morgan fingerprint density at radius 2 is 1.91 bits per heavy atom. The Bertz CT molecular complexity index is 213. The highest BCUT2D eigenvalue weighted by atomic mass is 15.1. The zero-order chi connectivity index (χ0) is 7.68. The molecule has 0 aromatic carbocycles. The minimum atomic E-state index is 1.11. The van der Waals surface area contributed by atoms with Crippen LogP contribution in [0.4, 0.5) is 0 Å². The largest absolute Gasteiger partial charge is 0.376 e. The second-order valence-corrected chi connectivity index (χ2v) is 3.53. The van der Waals surface area contributed by atoms with Gasteiger partial charge in [0, 0.05) is 19.8 Å². The van der Waals surface area contributed by atoms with E-state index in [1.165, 1.54) is 25.7 Å². The van der Waals surface area contributed by atoms with E-state index < -0.39 is 0 Å². The number of hydrogen-bond acceptors (Lipinski definition) is 1. The topological polar surface area (TPSA) is 3.24 Å². The van der Waals surface area contributed by atoms with Crippen molar-refractivity contribution in [1.29, 1.82) is 0 Å². The van der Waals surface area contributed by atoms with E-state index in [-0.39, 0.29) is 0 Å². The van der Waals surface area contributed by atoms with Crippen molar-refractivity contribution < 1.29 is 0 Å². The summed E-state index contributed by atoms with van der Waals surface area (Å²) in [6.45, 7) is 1.11. The molecule has 0 atom stereocenters. The summed E-state index contributed by atoms with van der Waals surface area (Å²) in [6, 6.07) is 0. The van der Waals surface area contributed by atoms with E-state index in [0.29, 0.717) is 0 Å². The van der Waals surface area contributed by atoms with Gasteiger partial charge in [-0.1, -0.05) is 6.08 Å². The highest BCUT2D eigenvalue weighted by molar-refractivity contribution is 5.34. The van der Waals surface area contributed by atoms with Gasteiger partial charge in [-0.05, 0) is 36.8 Å². The van der Waals surface area contributed by atoms with Crippen LogP contribution in [-0.2, 0) is 0 Å². The third-order valence-corrected chi connectivity index (χ3v) is 2.56. The first-order valence-corrected chi connectivity index (χ1v) is 4.46. The molecule has 1 aliphatic heterocycles. The Labute approximate surface area is 68.4 Å². The van der Waals surface area contributed by atoms with Crippen LogP contribution in [0.15, 0.2) is 23.4 Å². The molecule has 1 saturated carbocycles.